The van der Waals surface area contributed by atoms with E-state index < -0.39 is 10.0 Å². The molecule has 27 heavy (non-hydrogen) atoms. The zero-order valence-corrected chi connectivity index (χ0v) is 16.4. The van der Waals surface area contributed by atoms with E-state index in [1.807, 2.05) is 25.1 Å². The first-order valence-corrected chi connectivity index (χ1v) is 11.2. The van der Waals surface area contributed by atoms with E-state index in [0.717, 1.165) is 59.0 Å². The minimum Gasteiger partial charge on any atom is -0.351 e. The zero-order chi connectivity index (χ0) is 19.0. The normalized spacial score (nSPS) is 19.1. The number of hydrogen-bond acceptors (Lipinski definition) is 4. The van der Waals surface area contributed by atoms with Crippen molar-refractivity contribution in [2.45, 2.75) is 39.0 Å². The van der Waals surface area contributed by atoms with Crippen LogP contribution in [0.5, 0.6) is 0 Å². The van der Waals surface area contributed by atoms with Gasteiger partial charge in [-0.3, -0.25) is 9.78 Å². The van der Waals surface area contributed by atoms with E-state index in [-0.39, 0.29) is 11.7 Å². The molecule has 0 spiro atoms. The van der Waals surface area contributed by atoms with Crippen LogP contribution in [0.25, 0.3) is 10.9 Å². The number of hydrogen-bond donors (Lipinski definition) is 1. The molecule has 0 unspecified atom stereocenters. The van der Waals surface area contributed by atoms with Crippen LogP contribution < -0.4 is 5.32 Å². The van der Waals surface area contributed by atoms with Gasteiger partial charge in [0.05, 0.1) is 16.8 Å². The van der Waals surface area contributed by atoms with Gasteiger partial charge in [-0.25, -0.2) is 12.7 Å². The van der Waals surface area contributed by atoms with Gasteiger partial charge in [0.1, 0.15) is 0 Å². The van der Waals surface area contributed by atoms with Crippen LogP contribution in [0.4, 0.5) is 0 Å². The molecule has 0 bridgehead atoms. The van der Waals surface area contributed by atoms with Crippen LogP contribution in [0.3, 0.4) is 0 Å². The SMILES string of the molecule is Cc1ccc2nc3c(c(C(=O)NCCN4CCCS4(=O)=O)c2c1)CCCC3. The van der Waals surface area contributed by atoms with Crippen LogP contribution in [-0.2, 0) is 22.9 Å². The molecule has 1 fully saturated rings. The monoisotopic (exact) mass is 387 g/mol. The molecule has 2 aromatic rings. The predicted molar refractivity (Wildman–Crippen MR) is 105 cm³/mol. The lowest BCUT2D eigenvalue weighted by Gasteiger charge is -2.21. The number of nitrogens with zero attached hydrogens (tertiary/aromatic N) is 2. The molecule has 1 N–H and O–H groups in total. The Hall–Kier alpha value is -1.99. The molecule has 1 aromatic carbocycles. The Labute approximate surface area is 160 Å². The van der Waals surface area contributed by atoms with E-state index in [0.29, 0.717) is 26.1 Å². The van der Waals surface area contributed by atoms with Crippen LogP contribution in [0.2, 0.25) is 0 Å². The van der Waals surface area contributed by atoms with Crippen molar-refractivity contribution in [3.63, 3.8) is 0 Å². The molecule has 2 heterocycles. The second-order valence-electron chi connectivity index (χ2n) is 7.46. The van der Waals surface area contributed by atoms with Gasteiger partial charge in [0.15, 0.2) is 0 Å². The lowest BCUT2D eigenvalue weighted by Crippen LogP contribution is -2.36. The Bertz CT molecular complexity index is 1000. The molecule has 1 aromatic heterocycles. The van der Waals surface area contributed by atoms with Crippen molar-refractivity contribution in [1.29, 1.82) is 0 Å². The Balaban J connectivity index is 1.61. The minimum absolute atomic E-state index is 0.122. The molecule has 6 nitrogen and oxygen atoms in total. The van der Waals surface area contributed by atoms with E-state index in [1.54, 1.807) is 0 Å². The summed E-state index contributed by atoms with van der Waals surface area (Å²) in [5.41, 5.74) is 4.77. The number of pyridine rings is 1. The number of aryl methyl sites for hydroxylation is 2. The molecule has 1 amide bonds. The van der Waals surface area contributed by atoms with Gasteiger partial charge < -0.3 is 5.32 Å². The standard InChI is InChI=1S/C20H25N3O3S/c1-14-7-8-18-16(13-14)19(15-5-2-3-6-17(15)22-18)20(24)21-9-11-23-10-4-12-27(23,25)26/h7-8,13H,2-6,9-12H2,1H3,(H,21,24). The van der Waals surface area contributed by atoms with E-state index in [4.69, 9.17) is 4.98 Å². The Morgan fingerprint density at radius 2 is 2.04 bits per heavy atom. The van der Waals surface area contributed by atoms with Gasteiger partial charge in [-0.2, -0.15) is 0 Å². The van der Waals surface area contributed by atoms with E-state index in [1.165, 1.54) is 4.31 Å². The summed E-state index contributed by atoms with van der Waals surface area (Å²) in [4.78, 5) is 17.9. The molecule has 144 valence electrons. The average Bonchev–Trinajstić information content (AvgIpc) is 2.98. The number of amides is 1. The number of benzene rings is 1. The predicted octanol–water partition coefficient (Wildman–Crippen LogP) is 2.19. The molecule has 4 rings (SSSR count). The lowest BCUT2D eigenvalue weighted by molar-refractivity contribution is 0.0952. The van der Waals surface area contributed by atoms with Crippen LogP contribution in [0, 0.1) is 6.92 Å². The van der Waals surface area contributed by atoms with Gasteiger partial charge in [0.2, 0.25) is 10.0 Å². The summed E-state index contributed by atoms with van der Waals surface area (Å²) in [5.74, 6) is 0.0886. The second kappa shape index (κ2) is 7.20. The highest BCUT2D eigenvalue weighted by molar-refractivity contribution is 7.89. The fraction of sp³-hybridized carbons (Fsp3) is 0.500. The van der Waals surface area contributed by atoms with Gasteiger partial charge in [-0.15, -0.1) is 0 Å². The highest BCUT2D eigenvalue weighted by Crippen LogP contribution is 2.29. The summed E-state index contributed by atoms with van der Waals surface area (Å²) in [7, 11) is -3.13. The summed E-state index contributed by atoms with van der Waals surface area (Å²) in [6.07, 6.45) is 4.61. The number of aromatic nitrogens is 1. The van der Waals surface area contributed by atoms with E-state index in [2.05, 4.69) is 5.32 Å². The number of carbonyl (C=O) groups excluding carboxylic acids is 1. The number of rotatable bonds is 4. The third-order valence-corrected chi connectivity index (χ3v) is 7.45. The van der Waals surface area contributed by atoms with Gasteiger partial charge in [-0.1, -0.05) is 11.6 Å². The summed E-state index contributed by atoms with van der Waals surface area (Å²) in [5, 5.41) is 3.84. The molecule has 0 atom stereocenters. The highest BCUT2D eigenvalue weighted by Gasteiger charge is 2.28. The summed E-state index contributed by atoms with van der Waals surface area (Å²) in [6.45, 7) is 3.21. The summed E-state index contributed by atoms with van der Waals surface area (Å²) in [6, 6.07) is 6.02. The average molecular weight is 388 g/mol. The first kappa shape index (κ1) is 18.4. The van der Waals surface area contributed by atoms with Crippen LogP contribution in [-0.4, -0.2) is 49.0 Å². The largest absolute Gasteiger partial charge is 0.351 e. The van der Waals surface area contributed by atoms with Gasteiger partial charge in [0, 0.05) is 30.7 Å². The Morgan fingerprint density at radius 1 is 1.22 bits per heavy atom. The van der Waals surface area contributed by atoms with Crippen molar-refractivity contribution in [1.82, 2.24) is 14.6 Å². The maximum atomic E-state index is 13.1. The molecule has 1 aliphatic carbocycles. The molecular weight excluding hydrogens is 362 g/mol. The van der Waals surface area contributed by atoms with E-state index in [9.17, 15) is 13.2 Å². The highest BCUT2D eigenvalue weighted by atomic mass is 32.2. The van der Waals surface area contributed by atoms with Crippen LogP contribution in [0.1, 0.15) is 46.4 Å². The zero-order valence-electron chi connectivity index (χ0n) is 15.6. The fourth-order valence-electron chi connectivity index (χ4n) is 4.12. The van der Waals surface area contributed by atoms with Gasteiger partial charge in [0.25, 0.3) is 5.91 Å². The quantitative estimate of drug-likeness (QED) is 0.872. The van der Waals surface area contributed by atoms with Crippen LogP contribution >= 0.6 is 0 Å². The van der Waals surface area contributed by atoms with Crippen molar-refractivity contribution < 1.29 is 13.2 Å². The lowest BCUT2D eigenvalue weighted by atomic mass is 9.89. The fourth-order valence-corrected chi connectivity index (χ4v) is 5.65. The number of carbonyl (C=O) groups is 1. The molecule has 2 aliphatic rings. The topological polar surface area (TPSA) is 79.4 Å². The van der Waals surface area contributed by atoms with E-state index >= 15 is 0 Å². The van der Waals surface area contributed by atoms with Crippen molar-refractivity contribution in [2.75, 3.05) is 25.4 Å². The molecular formula is C20H25N3O3S. The number of sulfonamides is 1. The Kier molecular flexibility index (Phi) is 4.90. The first-order valence-electron chi connectivity index (χ1n) is 9.64. The first-order chi connectivity index (χ1) is 13.0. The third-order valence-electron chi connectivity index (χ3n) is 5.49. The molecule has 1 saturated heterocycles. The summed E-state index contributed by atoms with van der Waals surface area (Å²) >= 11 is 0. The van der Waals surface area contributed by atoms with Gasteiger partial charge in [-0.05, 0) is 56.7 Å². The van der Waals surface area contributed by atoms with Gasteiger partial charge >= 0.3 is 0 Å². The maximum absolute atomic E-state index is 13.1. The molecule has 0 saturated carbocycles. The summed E-state index contributed by atoms with van der Waals surface area (Å²) < 4.78 is 25.3. The van der Waals surface area contributed by atoms with Crippen molar-refractivity contribution in [2.24, 2.45) is 0 Å². The number of nitrogens with one attached hydrogen (secondary N) is 1. The number of fused-ring (bicyclic) bond motifs is 2. The molecule has 1 aliphatic heterocycles. The maximum Gasteiger partial charge on any atom is 0.252 e. The molecule has 0 radical (unpaired) electrons. The minimum atomic E-state index is -3.13. The van der Waals surface area contributed by atoms with Crippen LogP contribution in [0.15, 0.2) is 18.2 Å². The Morgan fingerprint density at radius 3 is 2.81 bits per heavy atom. The second-order valence-corrected chi connectivity index (χ2v) is 9.55. The van der Waals surface area contributed by atoms with Crippen molar-refractivity contribution in [3.8, 4) is 0 Å². The van der Waals surface area contributed by atoms with Crippen molar-refractivity contribution in [3.05, 3.63) is 40.6 Å². The smallest absolute Gasteiger partial charge is 0.252 e. The molecule has 7 heteroatoms. The third kappa shape index (κ3) is 3.58. The van der Waals surface area contributed by atoms with Crippen molar-refractivity contribution >= 4 is 26.8 Å².